The van der Waals surface area contributed by atoms with Gasteiger partial charge in [0, 0.05) is 11.8 Å². The highest BCUT2D eigenvalue weighted by molar-refractivity contribution is 5.91. The van der Waals surface area contributed by atoms with Crippen molar-refractivity contribution in [3.8, 4) is 0 Å². The van der Waals surface area contributed by atoms with E-state index in [-0.39, 0.29) is 22.9 Å². The first kappa shape index (κ1) is 24.4. The molecule has 0 bridgehead atoms. The van der Waals surface area contributed by atoms with Crippen molar-refractivity contribution in [1.82, 2.24) is 0 Å². The minimum atomic E-state index is -0.505. The Morgan fingerprint density at radius 3 is 2.52 bits per heavy atom. The summed E-state index contributed by atoms with van der Waals surface area (Å²) in [7, 11) is 0. The highest BCUT2D eigenvalue weighted by atomic mass is 16.5. The van der Waals surface area contributed by atoms with Crippen molar-refractivity contribution in [3.63, 3.8) is 0 Å². The molecule has 7 atom stereocenters. The molecule has 0 saturated heterocycles. The summed E-state index contributed by atoms with van der Waals surface area (Å²) in [5.41, 5.74) is 7.80. The Morgan fingerprint density at radius 1 is 1.13 bits per heavy atom. The third-order valence-corrected chi connectivity index (χ3v) is 9.16. The van der Waals surface area contributed by atoms with Crippen molar-refractivity contribution in [2.45, 2.75) is 105 Å². The molecular formula is C27H44NO3+. The molecule has 31 heavy (non-hydrogen) atoms. The molecule has 0 heterocycles. The van der Waals surface area contributed by atoms with Crippen LogP contribution in [0, 0.1) is 41.4 Å². The van der Waals surface area contributed by atoms with Crippen LogP contribution in [0.1, 0.15) is 92.4 Å². The molecule has 174 valence electrons. The second-order valence-electron chi connectivity index (χ2n) is 11.3. The summed E-state index contributed by atoms with van der Waals surface area (Å²) in [6, 6.07) is -0.505. The number of ketones is 1. The smallest absolute Gasteiger partial charge is 0.323 e. The zero-order valence-electron chi connectivity index (χ0n) is 20.4. The maximum atomic E-state index is 12.6. The summed E-state index contributed by atoms with van der Waals surface area (Å²) in [6.07, 6.45) is 11.1. The minimum Gasteiger partial charge on any atom is -0.461 e. The zero-order chi connectivity index (χ0) is 23.0. The predicted molar refractivity (Wildman–Crippen MR) is 125 cm³/mol. The van der Waals surface area contributed by atoms with Gasteiger partial charge in [0.2, 0.25) is 0 Å². The summed E-state index contributed by atoms with van der Waals surface area (Å²) >= 11 is 0. The van der Waals surface area contributed by atoms with Crippen LogP contribution in [0.25, 0.3) is 0 Å². The van der Waals surface area contributed by atoms with Crippen LogP contribution in [0.3, 0.4) is 0 Å². The Morgan fingerprint density at radius 2 is 1.84 bits per heavy atom. The molecule has 0 aromatic carbocycles. The van der Waals surface area contributed by atoms with Crippen molar-refractivity contribution in [2.24, 2.45) is 40.2 Å². The first-order valence-corrected chi connectivity index (χ1v) is 12.6. The quantitative estimate of drug-likeness (QED) is 0.462. The number of hydrogen-bond acceptors (Lipinski definition) is 4. The summed E-state index contributed by atoms with van der Waals surface area (Å²) in [5.74, 6) is 2.49. The van der Waals surface area contributed by atoms with Gasteiger partial charge in [-0.3, -0.25) is 9.59 Å². The average Bonchev–Trinajstić information content (AvgIpc) is 3.06. The molecule has 4 aliphatic rings. The Kier molecular flexibility index (Phi) is 7.30. The van der Waals surface area contributed by atoms with Gasteiger partial charge in [-0.25, -0.2) is 0 Å². The normalized spacial score (nSPS) is 40.0. The number of carbonyl (C=O) groups excluding carboxylic acids is 2. The van der Waals surface area contributed by atoms with Crippen molar-refractivity contribution in [2.75, 3.05) is 0 Å². The van der Waals surface area contributed by atoms with Gasteiger partial charge < -0.3 is 10.5 Å². The summed E-state index contributed by atoms with van der Waals surface area (Å²) < 4.78 is 6.05. The molecule has 7 unspecified atom stereocenters. The maximum absolute atomic E-state index is 12.6. The second kappa shape index (κ2) is 9.29. The number of ether oxygens (including phenoxy) is 1. The fourth-order valence-corrected chi connectivity index (χ4v) is 7.54. The fraction of sp³-hybridized carbons (Fsp3) is 0.815. The second-order valence-corrected chi connectivity index (χ2v) is 11.3. The van der Waals surface area contributed by atoms with E-state index in [1.807, 2.05) is 6.08 Å². The molecule has 0 spiro atoms. The Balaban J connectivity index is 0.00000132. The molecule has 4 aliphatic carbocycles. The van der Waals surface area contributed by atoms with Gasteiger partial charge in [0.15, 0.2) is 5.78 Å². The van der Waals surface area contributed by atoms with E-state index in [9.17, 15) is 9.59 Å². The number of rotatable bonds is 4. The lowest BCUT2D eigenvalue weighted by molar-refractivity contribution is -0.161. The van der Waals surface area contributed by atoms with Crippen LogP contribution < -0.4 is 5.73 Å². The van der Waals surface area contributed by atoms with Gasteiger partial charge in [-0.2, -0.15) is 0 Å². The van der Waals surface area contributed by atoms with E-state index in [2.05, 4.69) is 34.6 Å². The molecule has 0 amide bonds. The zero-order valence-corrected chi connectivity index (χ0v) is 20.4. The molecule has 0 aliphatic heterocycles. The van der Waals surface area contributed by atoms with E-state index in [0.717, 1.165) is 32.1 Å². The number of nitrogens with two attached hydrogens (primary N) is 1. The van der Waals surface area contributed by atoms with Crippen LogP contribution in [0.2, 0.25) is 0 Å². The van der Waals surface area contributed by atoms with E-state index >= 15 is 0 Å². The molecule has 4 heteroatoms. The maximum Gasteiger partial charge on any atom is 0.323 e. The Labute approximate surface area is 189 Å². The third kappa shape index (κ3) is 4.34. The lowest BCUT2D eigenvalue weighted by Gasteiger charge is -2.57. The number of allylic oxidation sites excluding steroid dienone is 1. The molecule has 2 N–H and O–H groups in total. The summed E-state index contributed by atoms with van der Waals surface area (Å²) in [5, 5.41) is 0. The standard InChI is InChI=1S/C25H39NO3.C2H5/c1-15(2)13-21(26)23(28)29-22-8-7-19-18-6-5-16-14-17(27)9-11-24(16,3)20(18)10-12-25(19,22)4;1-2/h14-15,18-22H,5-13,26H2,1-4H3;1H2,2H3/q;+1. The van der Waals surface area contributed by atoms with Crippen LogP contribution in [-0.4, -0.2) is 23.9 Å². The van der Waals surface area contributed by atoms with Crippen molar-refractivity contribution >= 4 is 11.8 Å². The lowest BCUT2D eigenvalue weighted by Crippen LogP contribution is -2.52. The van der Waals surface area contributed by atoms with E-state index in [0.29, 0.717) is 42.3 Å². The van der Waals surface area contributed by atoms with Crippen molar-refractivity contribution in [3.05, 3.63) is 18.6 Å². The summed E-state index contributed by atoms with van der Waals surface area (Å²) in [4.78, 5) is 24.6. The van der Waals surface area contributed by atoms with Crippen LogP contribution in [0.5, 0.6) is 0 Å². The number of esters is 1. The Bertz CT molecular complexity index is 713. The molecule has 4 rings (SSSR count). The van der Waals surface area contributed by atoms with E-state index in [1.165, 1.54) is 18.4 Å². The van der Waals surface area contributed by atoms with Crippen LogP contribution in [0.4, 0.5) is 0 Å². The van der Waals surface area contributed by atoms with Crippen molar-refractivity contribution < 1.29 is 14.3 Å². The van der Waals surface area contributed by atoms with Crippen LogP contribution in [0.15, 0.2) is 11.6 Å². The van der Waals surface area contributed by atoms with Crippen molar-refractivity contribution in [1.29, 1.82) is 0 Å². The van der Waals surface area contributed by atoms with Gasteiger partial charge >= 0.3 is 5.97 Å². The van der Waals surface area contributed by atoms with E-state index < -0.39 is 6.04 Å². The van der Waals surface area contributed by atoms with E-state index in [4.69, 9.17) is 10.5 Å². The first-order chi connectivity index (χ1) is 14.6. The minimum absolute atomic E-state index is 0.0110. The van der Waals surface area contributed by atoms with Gasteiger partial charge in [0.05, 0.1) is 13.8 Å². The van der Waals surface area contributed by atoms with Crippen LogP contribution >= 0.6 is 0 Å². The van der Waals surface area contributed by atoms with Gasteiger partial charge in [0.25, 0.3) is 0 Å². The highest BCUT2D eigenvalue weighted by Crippen LogP contribution is 2.65. The molecule has 3 saturated carbocycles. The monoisotopic (exact) mass is 430 g/mol. The summed E-state index contributed by atoms with van der Waals surface area (Å²) in [6.45, 7) is 14.0. The predicted octanol–water partition coefficient (Wildman–Crippen LogP) is 5.64. The van der Waals surface area contributed by atoms with E-state index in [1.54, 1.807) is 6.92 Å². The van der Waals surface area contributed by atoms with Gasteiger partial charge in [-0.1, -0.05) is 33.3 Å². The first-order valence-electron chi connectivity index (χ1n) is 12.6. The molecule has 0 aromatic rings. The average molecular weight is 431 g/mol. The highest BCUT2D eigenvalue weighted by Gasteiger charge is 2.60. The number of fused-ring (bicyclic) bond motifs is 5. The number of carbonyl (C=O) groups is 2. The fourth-order valence-electron chi connectivity index (χ4n) is 7.54. The number of hydrogen-bond donors (Lipinski definition) is 1. The van der Waals surface area contributed by atoms with Gasteiger partial charge in [-0.15, -0.1) is 0 Å². The molecule has 0 aromatic heterocycles. The SMILES string of the molecule is CC(C)CC(N)C(=O)OC1CCC2C3CCC4=CC(=O)CCC4(C)C3CCC12C.[CH2+]C. The molecule has 4 nitrogen and oxygen atoms in total. The van der Waals surface area contributed by atoms with Gasteiger partial charge in [-0.05, 0) is 86.5 Å². The topological polar surface area (TPSA) is 69.4 Å². The molecule has 0 radical (unpaired) electrons. The molecular weight excluding hydrogens is 386 g/mol. The Hall–Kier alpha value is -1.29. The lowest BCUT2D eigenvalue weighted by atomic mass is 9.47. The largest absolute Gasteiger partial charge is 0.461 e. The van der Waals surface area contributed by atoms with Gasteiger partial charge in [0.1, 0.15) is 12.1 Å². The molecule has 3 fully saturated rings. The van der Waals surface area contributed by atoms with Crippen LogP contribution in [-0.2, 0) is 14.3 Å². The third-order valence-electron chi connectivity index (χ3n) is 9.16.